The quantitative estimate of drug-likeness (QED) is 0.828. The zero-order valence-electron chi connectivity index (χ0n) is 9.01. The van der Waals surface area contributed by atoms with E-state index in [4.69, 9.17) is 11.6 Å². The van der Waals surface area contributed by atoms with Crippen molar-refractivity contribution >= 4 is 11.6 Å². The van der Waals surface area contributed by atoms with E-state index in [1.54, 1.807) is 0 Å². The van der Waals surface area contributed by atoms with Crippen LogP contribution in [-0.2, 0) is 6.42 Å². The zero-order valence-corrected chi connectivity index (χ0v) is 9.76. The molecule has 0 radical (unpaired) electrons. The van der Waals surface area contributed by atoms with Gasteiger partial charge in [-0.2, -0.15) is 0 Å². The zero-order chi connectivity index (χ0) is 10.5. The smallest absolute Gasteiger partial charge is 0.0406 e. The van der Waals surface area contributed by atoms with E-state index >= 15 is 0 Å². The summed E-state index contributed by atoms with van der Waals surface area (Å²) in [5.74, 6) is 0. The van der Waals surface area contributed by atoms with E-state index in [1.807, 2.05) is 12.1 Å². The lowest BCUT2D eigenvalue weighted by atomic mass is 9.98. The highest BCUT2D eigenvalue weighted by Crippen LogP contribution is 2.15. The number of hydrogen-bond donors (Lipinski definition) is 1. The Hall–Kier alpha value is -0.530. The first-order chi connectivity index (χ1) is 7.34. The highest BCUT2D eigenvalue weighted by atomic mass is 35.5. The van der Waals surface area contributed by atoms with Crippen molar-refractivity contribution in [2.24, 2.45) is 0 Å². The molecule has 1 saturated heterocycles. The van der Waals surface area contributed by atoms with Crippen LogP contribution in [0.5, 0.6) is 0 Å². The molecule has 0 bridgehead atoms. The van der Waals surface area contributed by atoms with Crippen molar-refractivity contribution < 1.29 is 0 Å². The standard InChI is InChI=1S/C13H18ClN/c14-12-7-4-11(5-8-12)6-9-13-3-1-2-10-15-13/h4-5,7-8,13,15H,1-3,6,9-10H2. The summed E-state index contributed by atoms with van der Waals surface area (Å²) in [4.78, 5) is 0. The third kappa shape index (κ3) is 3.51. The molecule has 0 aliphatic carbocycles. The number of benzene rings is 1. The maximum atomic E-state index is 5.85. The van der Waals surface area contributed by atoms with Crippen LogP contribution in [0.1, 0.15) is 31.2 Å². The van der Waals surface area contributed by atoms with E-state index in [0.29, 0.717) is 0 Å². The van der Waals surface area contributed by atoms with Gasteiger partial charge in [-0.05, 0) is 49.9 Å². The van der Waals surface area contributed by atoms with Gasteiger partial charge in [-0.25, -0.2) is 0 Å². The van der Waals surface area contributed by atoms with Crippen molar-refractivity contribution in [1.82, 2.24) is 5.32 Å². The SMILES string of the molecule is Clc1ccc(CCC2CCCCN2)cc1. The minimum Gasteiger partial charge on any atom is -0.314 e. The highest BCUT2D eigenvalue weighted by molar-refractivity contribution is 6.30. The van der Waals surface area contributed by atoms with Crippen LogP contribution in [0.25, 0.3) is 0 Å². The van der Waals surface area contributed by atoms with Gasteiger partial charge in [0.2, 0.25) is 0 Å². The summed E-state index contributed by atoms with van der Waals surface area (Å²) in [5, 5.41) is 4.40. The fraction of sp³-hybridized carbons (Fsp3) is 0.538. The second kappa shape index (κ2) is 5.53. The normalized spacial score (nSPS) is 21.5. The molecule has 2 heteroatoms. The van der Waals surface area contributed by atoms with Crippen molar-refractivity contribution in [1.29, 1.82) is 0 Å². The van der Waals surface area contributed by atoms with Crippen LogP contribution >= 0.6 is 11.6 Å². The lowest BCUT2D eigenvalue weighted by molar-refractivity contribution is 0.383. The van der Waals surface area contributed by atoms with E-state index in [1.165, 1.54) is 37.8 Å². The van der Waals surface area contributed by atoms with E-state index in [-0.39, 0.29) is 0 Å². The molecule has 1 N–H and O–H groups in total. The molecule has 0 spiro atoms. The Bertz CT molecular complexity index is 288. The van der Waals surface area contributed by atoms with Crippen molar-refractivity contribution in [3.8, 4) is 0 Å². The summed E-state index contributed by atoms with van der Waals surface area (Å²) in [7, 11) is 0. The van der Waals surface area contributed by atoms with Crippen LogP contribution in [0.3, 0.4) is 0 Å². The molecule has 15 heavy (non-hydrogen) atoms. The summed E-state index contributed by atoms with van der Waals surface area (Å²) in [6.45, 7) is 1.20. The van der Waals surface area contributed by atoms with Gasteiger partial charge in [-0.15, -0.1) is 0 Å². The van der Waals surface area contributed by atoms with Crippen LogP contribution in [0, 0.1) is 0 Å². The maximum absolute atomic E-state index is 5.85. The monoisotopic (exact) mass is 223 g/mol. The second-order valence-electron chi connectivity index (χ2n) is 4.31. The molecule has 1 atom stereocenters. The fourth-order valence-corrected chi connectivity index (χ4v) is 2.29. The van der Waals surface area contributed by atoms with Crippen LogP contribution in [-0.4, -0.2) is 12.6 Å². The molecule has 1 heterocycles. The first kappa shape index (κ1) is 11.0. The van der Waals surface area contributed by atoms with Gasteiger partial charge in [-0.1, -0.05) is 30.2 Å². The molecule has 0 amide bonds. The minimum absolute atomic E-state index is 0.731. The molecular weight excluding hydrogens is 206 g/mol. The molecule has 2 rings (SSSR count). The van der Waals surface area contributed by atoms with Crippen LogP contribution in [0.15, 0.2) is 24.3 Å². The molecule has 1 aliphatic rings. The second-order valence-corrected chi connectivity index (χ2v) is 4.75. The van der Waals surface area contributed by atoms with E-state index < -0.39 is 0 Å². The largest absolute Gasteiger partial charge is 0.314 e. The Morgan fingerprint density at radius 1 is 1.20 bits per heavy atom. The van der Waals surface area contributed by atoms with Crippen molar-refractivity contribution in [2.45, 2.75) is 38.1 Å². The molecule has 0 aromatic heterocycles. The van der Waals surface area contributed by atoms with Gasteiger partial charge >= 0.3 is 0 Å². The third-order valence-corrected chi connectivity index (χ3v) is 3.36. The summed E-state index contributed by atoms with van der Waals surface area (Å²) >= 11 is 5.85. The topological polar surface area (TPSA) is 12.0 Å². The Balaban J connectivity index is 1.79. The summed E-state index contributed by atoms with van der Waals surface area (Å²) in [6.07, 6.45) is 6.49. The lowest BCUT2D eigenvalue weighted by Crippen LogP contribution is -2.34. The van der Waals surface area contributed by atoms with Gasteiger partial charge in [0.15, 0.2) is 0 Å². The summed E-state index contributed by atoms with van der Waals surface area (Å²) < 4.78 is 0. The highest BCUT2D eigenvalue weighted by Gasteiger charge is 2.11. The van der Waals surface area contributed by atoms with Crippen LogP contribution in [0.4, 0.5) is 0 Å². The summed E-state index contributed by atoms with van der Waals surface area (Å²) in [6, 6.07) is 8.95. The molecule has 1 unspecified atom stereocenters. The average molecular weight is 224 g/mol. The first-order valence-electron chi connectivity index (χ1n) is 5.82. The molecular formula is C13H18ClN. The van der Waals surface area contributed by atoms with Gasteiger partial charge in [0.25, 0.3) is 0 Å². The van der Waals surface area contributed by atoms with E-state index in [9.17, 15) is 0 Å². The maximum Gasteiger partial charge on any atom is 0.0406 e. The molecule has 1 fully saturated rings. The van der Waals surface area contributed by atoms with Gasteiger partial charge < -0.3 is 5.32 Å². The van der Waals surface area contributed by atoms with Crippen molar-refractivity contribution in [3.05, 3.63) is 34.9 Å². The Morgan fingerprint density at radius 2 is 2.00 bits per heavy atom. The average Bonchev–Trinajstić information content (AvgIpc) is 2.30. The van der Waals surface area contributed by atoms with Gasteiger partial charge in [-0.3, -0.25) is 0 Å². The first-order valence-corrected chi connectivity index (χ1v) is 6.20. The van der Waals surface area contributed by atoms with Gasteiger partial charge in [0, 0.05) is 11.1 Å². The Labute approximate surface area is 96.8 Å². The van der Waals surface area contributed by atoms with Crippen LogP contribution < -0.4 is 5.32 Å². The van der Waals surface area contributed by atoms with E-state index in [2.05, 4.69) is 17.4 Å². The number of halogens is 1. The Kier molecular flexibility index (Phi) is 4.04. The molecule has 82 valence electrons. The fourth-order valence-electron chi connectivity index (χ4n) is 2.16. The Morgan fingerprint density at radius 3 is 2.67 bits per heavy atom. The summed E-state index contributed by atoms with van der Waals surface area (Å²) in [5.41, 5.74) is 1.40. The molecule has 0 saturated carbocycles. The van der Waals surface area contributed by atoms with Crippen molar-refractivity contribution in [2.75, 3.05) is 6.54 Å². The third-order valence-electron chi connectivity index (χ3n) is 3.11. The molecule has 1 aromatic rings. The number of hydrogen-bond acceptors (Lipinski definition) is 1. The van der Waals surface area contributed by atoms with Gasteiger partial charge in [0.05, 0.1) is 0 Å². The molecule has 1 aliphatic heterocycles. The minimum atomic E-state index is 0.731. The van der Waals surface area contributed by atoms with Gasteiger partial charge in [0.1, 0.15) is 0 Å². The number of nitrogens with one attached hydrogen (secondary N) is 1. The lowest BCUT2D eigenvalue weighted by Gasteiger charge is -2.23. The predicted octanol–water partition coefficient (Wildman–Crippen LogP) is 3.41. The molecule has 1 aromatic carbocycles. The van der Waals surface area contributed by atoms with E-state index in [0.717, 1.165) is 17.5 Å². The predicted molar refractivity (Wildman–Crippen MR) is 65.4 cm³/mol. The number of aryl methyl sites for hydroxylation is 1. The van der Waals surface area contributed by atoms with Crippen molar-refractivity contribution in [3.63, 3.8) is 0 Å². The number of piperidine rings is 1. The number of rotatable bonds is 3. The molecule has 1 nitrogen and oxygen atoms in total. The van der Waals surface area contributed by atoms with Crippen LogP contribution in [0.2, 0.25) is 5.02 Å².